The molecule has 0 spiro atoms. The third-order valence-electron chi connectivity index (χ3n) is 5.84. The Morgan fingerprint density at radius 3 is 1.37 bits per heavy atom. The number of aliphatic carboxylic acids is 3. The van der Waals surface area contributed by atoms with Crippen molar-refractivity contribution in [2.75, 3.05) is 6.54 Å². The molecule has 0 bridgehead atoms. The summed E-state index contributed by atoms with van der Waals surface area (Å²) >= 11 is 0. The number of allylic oxidation sites excluding steroid dienone is 1. The summed E-state index contributed by atoms with van der Waals surface area (Å²) in [6, 6.07) is -3.26. The van der Waals surface area contributed by atoms with Crippen LogP contribution in [0.5, 0.6) is 0 Å². The normalized spacial score (nSPS) is 16.7. The molecule has 0 amide bonds. The maximum atomic E-state index is 12.3. The largest absolute Gasteiger partial charge is 0.477 e. The highest BCUT2D eigenvalue weighted by Crippen LogP contribution is 2.33. The fourth-order valence-electron chi connectivity index (χ4n) is 4.45. The smallest absolute Gasteiger partial charge is 0.362 e. The SMILES string of the molecule is CCCCC/C=C/C[N+](C(CCC)C(=O)O)(C(CCC)C(=O)O)C(CCC)C(=O)O. The average molecular weight is 429 g/mol. The molecule has 3 atom stereocenters. The molecule has 30 heavy (non-hydrogen) atoms. The van der Waals surface area contributed by atoms with Crippen molar-refractivity contribution < 1.29 is 34.2 Å². The monoisotopic (exact) mass is 428 g/mol. The van der Waals surface area contributed by atoms with Gasteiger partial charge in [-0.1, -0.05) is 46.6 Å². The molecular formula is C23H42NO6+. The highest BCUT2D eigenvalue weighted by atomic mass is 16.4. The fourth-order valence-corrected chi connectivity index (χ4v) is 4.45. The van der Waals surface area contributed by atoms with Crippen LogP contribution in [0.15, 0.2) is 12.2 Å². The van der Waals surface area contributed by atoms with Gasteiger partial charge in [-0.25, -0.2) is 14.4 Å². The van der Waals surface area contributed by atoms with E-state index in [0.717, 1.165) is 25.7 Å². The van der Waals surface area contributed by atoms with Crippen LogP contribution in [0.25, 0.3) is 0 Å². The summed E-state index contributed by atoms with van der Waals surface area (Å²) in [5.41, 5.74) is 0. The van der Waals surface area contributed by atoms with Crippen molar-refractivity contribution >= 4 is 17.9 Å². The van der Waals surface area contributed by atoms with E-state index in [1.807, 2.05) is 32.9 Å². The Morgan fingerprint density at radius 1 is 0.667 bits per heavy atom. The molecule has 0 radical (unpaired) electrons. The first-order valence-corrected chi connectivity index (χ1v) is 11.4. The first kappa shape index (κ1) is 28.1. The molecule has 0 aliphatic heterocycles. The van der Waals surface area contributed by atoms with Crippen molar-refractivity contribution in [3.63, 3.8) is 0 Å². The van der Waals surface area contributed by atoms with E-state index < -0.39 is 40.5 Å². The predicted molar refractivity (Wildman–Crippen MR) is 117 cm³/mol. The minimum atomic E-state index is -1.12. The van der Waals surface area contributed by atoms with Crippen molar-refractivity contribution in [3.05, 3.63) is 12.2 Å². The summed E-state index contributed by atoms with van der Waals surface area (Å²) in [6.45, 7) is 7.73. The third kappa shape index (κ3) is 7.74. The van der Waals surface area contributed by atoms with Crippen molar-refractivity contribution in [2.45, 2.75) is 110 Å². The molecular weight excluding hydrogens is 386 g/mol. The van der Waals surface area contributed by atoms with E-state index in [1.54, 1.807) is 0 Å². The molecule has 174 valence electrons. The lowest BCUT2D eigenvalue weighted by Gasteiger charge is -2.49. The van der Waals surface area contributed by atoms with E-state index in [4.69, 9.17) is 0 Å². The Labute approximate surface area is 181 Å². The van der Waals surface area contributed by atoms with Gasteiger partial charge in [0.05, 0.1) is 6.54 Å². The van der Waals surface area contributed by atoms with Crippen LogP contribution < -0.4 is 0 Å². The van der Waals surface area contributed by atoms with Crippen LogP contribution in [0.1, 0.15) is 91.9 Å². The molecule has 0 rings (SSSR count). The molecule has 3 unspecified atom stereocenters. The summed E-state index contributed by atoms with van der Waals surface area (Å²) in [4.78, 5) is 37.0. The fraction of sp³-hybridized carbons (Fsp3) is 0.783. The second-order valence-corrected chi connectivity index (χ2v) is 8.07. The van der Waals surface area contributed by atoms with Gasteiger partial charge in [0.1, 0.15) is 0 Å². The Morgan fingerprint density at radius 2 is 1.07 bits per heavy atom. The number of carbonyl (C=O) groups is 3. The van der Waals surface area contributed by atoms with Crippen molar-refractivity contribution in [3.8, 4) is 0 Å². The number of nitrogens with zero attached hydrogens (tertiary/aromatic N) is 1. The lowest BCUT2D eigenvalue weighted by atomic mass is 9.92. The highest BCUT2D eigenvalue weighted by Gasteiger charge is 2.56. The van der Waals surface area contributed by atoms with Crippen LogP contribution in [0.3, 0.4) is 0 Å². The van der Waals surface area contributed by atoms with Crippen LogP contribution in [-0.4, -0.2) is 62.4 Å². The number of quaternary nitrogens is 1. The van der Waals surface area contributed by atoms with Gasteiger partial charge in [-0.3, -0.25) is 4.48 Å². The van der Waals surface area contributed by atoms with Crippen molar-refractivity contribution in [1.82, 2.24) is 0 Å². The quantitative estimate of drug-likeness (QED) is 0.166. The number of carboxylic acid groups (broad SMARTS) is 3. The summed E-state index contributed by atoms with van der Waals surface area (Å²) in [7, 11) is 0. The number of hydrogen-bond acceptors (Lipinski definition) is 3. The van der Waals surface area contributed by atoms with Gasteiger partial charge < -0.3 is 15.3 Å². The zero-order chi connectivity index (χ0) is 23.2. The second kappa shape index (κ2) is 15.0. The number of hydrogen-bond donors (Lipinski definition) is 3. The van der Waals surface area contributed by atoms with Gasteiger partial charge in [0, 0.05) is 19.3 Å². The standard InChI is InChI=1S/C23H41NO6/c1-5-9-10-11-12-13-17-24(18(14-6-2)21(25)26,19(15-7-3)22(27)28)20(16-8-4)23(29)30/h12-13,18-20H,5-11,14-17H2,1-4H3,(H2-,25,26,27,28,29,30)/p+1/b13-12+. The van der Waals surface area contributed by atoms with Gasteiger partial charge >= 0.3 is 17.9 Å². The summed E-state index contributed by atoms with van der Waals surface area (Å²) < 4.78 is -0.459. The van der Waals surface area contributed by atoms with Crippen LogP contribution in [-0.2, 0) is 14.4 Å². The number of rotatable bonds is 18. The lowest BCUT2D eigenvalue weighted by Crippen LogP contribution is -2.72. The van der Waals surface area contributed by atoms with E-state index >= 15 is 0 Å². The highest BCUT2D eigenvalue weighted by molar-refractivity contribution is 5.78. The van der Waals surface area contributed by atoms with Crippen LogP contribution >= 0.6 is 0 Å². The van der Waals surface area contributed by atoms with Crippen LogP contribution in [0.4, 0.5) is 0 Å². The Bertz CT molecular complexity index is 500. The zero-order valence-corrected chi connectivity index (χ0v) is 19.2. The molecule has 0 aliphatic rings. The van der Waals surface area contributed by atoms with Gasteiger partial charge in [-0.15, -0.1) is 0 Å². The van der Waals surface area contributed by atoms with Gasteiger partial charge in [-0.2, -0.15) is 0 Å². The maximum absolute atomic E-state index is 12.3. The molecule has 0 aromatic carbocycles. The molecule has 0 aromatic rings. The van der Waals surface area contributed by atoms with Crippen molar-refractivity contribution in [1.29, 1.82) is 0 Å². The lowest BCUT2D eigenvalue weighted by molar-refractivity contribution is -0.968. The van der Waals surface area contributed by atoms with E-state index in [2.05, 4.69) is 6.92 Å². The van der Waals surface area contributed by atoms with E-state index in [-0.39, 0.29) is 25.8 Å². The molecule has 0 saturated carbocycles. The topological polar surface area (TPSA) is 112 Å². The van der Waals surface area contributed by atoms with Crippen LogP contribution in [0.2, 0.25) is 0 Å². The third-order valence-corrected chi connectivity index (χ3v) is 5.84. The molecule has 7 nitrogen and oxygen atoms in total. The average Bonchev–Trinajstić information content (AvgIpc) is 2.68. The summed E-state index contributed by atoms with van der Waals surface area (Å²) in [5.74, 6) is -3.37. The Kier molecular flexibility index (Phi) is 14.0. The van der Waals surface area contributed by atoms with Crippen LogP contribution in [0, 0.1) is 0 Å². The van der Waals surface area contributed by atoms with E-state index in [9.17, 15) is 29.7 Å². The van der Waals surface area contributed by atoms with Gasteiger partial charge in [0.15, 0.2) is 18.1 Å². The minimum absolute atomic E-state index is 0.0943. The van der Waals surface area contributed by atoms with Crippen molar-refractivity contribution in [2.24, 2.45) is 0 Å². The van der Waals surface area contributed by atoms with Gasteiger partial charge in [0.25, 0.3) is 0 Å². The Hall–Kier alpha value is -1.89. The van der Waals surface area contributed by atoms with E-state index in [0.29, 0.717) is 19.3 Å². The maximum Gasteiger partial charge on any atom is 0.362 e. The number of unbranched alkanes of at least 4 members (excludes halogenated alkanes) is 3. The van der Waals surface area contributed by atoms with Gasteiger partial charge in [-0.05, 0) is 38.2 Å². The first-order valence-electron chi connectivity index (χ1n) is 11.4. The van der Waals surface area contributed by atoms with E-state index in [1.165, 1.54) is 0 Å². The molecule has 0 heterocycles. The molecule has 3 N–H and O–H groups in total. The predicted octanol–water partition coefficient (Wildman–Crippen LogP) is 4.70. The minimum Gasteiger partial charge on any atom is -0.477 e. The van der Waals surface area contributed by atoms with Gasteiger partial charge in [0.2, 0.25) is 0 Å². The number of carboxylic acids is 3. The molecule has 7 heteroatoms. The Balaban J connectivity index is 6.58. The zero-order valence-electron chi connectivity index (χ0n) is 19.2. The second-order valence-electron chi connectivity index (χ2n) is 8.07. The molecule has 0 saturated heterocycles. The molecule has 0 fully saturated rings. The first-order chi connectivity index (χ1) is 14.2. The summed E-state index contributed by atoms with van der Waals surface area (Å²) in [5, 5.41) is 30.3. The molecule has 0 aliphatic carbocycles. The molecule has 0 aromatic heterocycles. The summed E-state index contributed by atoms with van der Waals surface area (Å²) in [6.07, 6.45) is 10.1.